The van der Waals surface area contributed by atoms with Gasteiger partial charge in [-0.05, 0) is 19.1 Å². The minimum absolute atomic E-state index is 0.223. The summed E-state index contributed by atoms with van der Waals surface area (Å²) in [4.78, 5) is 16.6. The normalized spacial score (nSPS) is 11.1. The van der Waals surface area contributed by atoms with E-state index in [-0.39, 0.29) is 18.1 Å². The van der Waals surface area contributed by atoms with E-state index < -0.39 is 0 Å². The highest BCUT2D eigenvalue weighted by molar-refractivity contribution is 5.92. The van der Waals surface area contributed by atoms with Gasteiger partial charge in [0.25, 0.3) is 5.91 Å². The van der Waals surface area contributed by atoms with Gasteiger partial charge in [-0.2, -0.15) is 0 Å². The van der Waals surface area contributed by atoms with Crippen LogP contribution in [0.1, 0.15) is 27.8 Å². The van der Waals surface area contributed by atoms with Crippen molar-refractivity contribution in [2.45, 2.75) is 20.0 Å². The van der Waals surface area contributed by atoms with Crippen LogP contribution in [0.25, 0.3) is 11.0 Å². The Balaban J connectivity index is 1.49. The summed E-state index contributed by atoms with van der Waals surface area (Å²) in [5.41, 5.74) is 2.79. The molecule has 0 saturated heterocycles. The van der Waals surface area contributed by atoms with Crippen molar-refractivity contribution in [3.05, 3.63) is 65.6 Å². The van der Waals surface area contributed by atoms with Gasteiger partial charge in [0.05, 0.1) is 24.1 Å². The van der Waals surface area contributed by atoms with Crippen LogP contribution in [0.15, 0.2) is 51.7 Å². The van der Waals surface area contributed by atoms with Gasteiger partial charge in [-0.3, -0.25) is 4.79 Å². The number of carbonyl (C=O) groups excluding carboxylic acids is 1. The van der Waals surface area contributed by atoms with Crippen LogP contribution < -0.4 is 5.32 Å². The molecular weight excluding hydrogens is 322 g/mol. The lowest BCUT2D eigenvalue weighted by molar-refractivity contribution is 0.0941. The third-order valence-corrected chi connectivity index (χ3v) is 3.87. The van der Waals surface area contributed by atoms with E-state index in [2.05, 4.69) is 20.6 Å². The number of imidazole rings is 1. The predicted molar refractivity (Wildman–Crippen MR) is 87.7 cm³/mol. The largest absolute Gasteiger partial charge is 0.364 e. The summed E-state index contributed by atoms with van der Waals surface area (Å²) >= 11 is 0. The maximum absolute atomic E-state index is 12.1. The second kappa shape index (κ2) is 6.23. The van der Waals surface area contributed by atoms with Crippen molar-refractivity contribution in [1.29, 1.82) is 0 Å². The van der Waals surface area contributed by atoms with Crippen molar-refractivity contribution in [2.24, 2.45) is 0 Å². The zero-order valence-corrected chi connectivity index (χ0v) is 13.5. The number of hydrogen-bond acceptors (Lipinski definition) is 6. The molecule has 0 unspecified atom stereocenters. The maximum Gasteiger partial charge on any atom is 0.273 e. The number of nitrogens with one attached hydrogen (secondary N) is 1. The third kappa shape index (κ3) is 3.01. The molecule has 1 N–H and O–H groups in total. The van der Waals surface area contributed by atoms with Crippen LogP contribution in [0.2, 0.25) is 0 Å². The Labute approximate surface area is 142 Å². The first kappa shape index (κ1) is 15.1. The van der Waals surface area contributed by atoms with Crippen LogP contribution in [-0.2, 0) is 13.1 Å². The van der Waals surface area contributed by atoms with Crippen LogP contribution in [0, 0.1) is 6.92 Å². The van der Waals surface area contributed by atoms with Gasteiger partial charge in [0.1, 0.15) is 17.8 Å². The van der Waals surface area contributed by atoms with Crippen LogP contribution in [0.3, 0.4) is 0 Å². The number of nitrogens with zero attached hydrogens (tertiary/aromatic N) is 4. The van der Waals surface area contributed by atoms with Crippen molar-refractivity contribution in [1.82, 2.24) is 25.2 Å². The van der Waals surface area contributed by atoms with E-state index in [1.165, 1.54) is 6.26 Å². The topological polar surface area (TPSA) is 99.0 Å². The molecule has 126 valence electrons. The lowest BCUT2D eigenvalue weighted by Crippen LogP contribution is -2.23. The summed E-state index contributed by atoms with van der Waals surface area (Å²) in [6.45, 7) is 2.65. The molecule has 0 saturated carbocycles. The Bertz CT molecular complexity index is 1020. The summed E-state index contributed by atoms with van der Waals surface area (Å²) in [7, 11) is 0. The molecule has 3 heterocycles. The summed E-state index contributed by atoms with van der Waals surface area (Å²) < 4.78 is 12.0. The molecule has 0 spiro atoms. The fourth-order valence-electron chi connectivity index (χ4n) is 2.64. The molecule has 0 aliphatic carbocycles. The molecule has 4 aromatic rings. The molecule has 1 amide bonds. The maximum atomic E-state index is 12.1. The van der Waals surface area contributed by atoms with Gasteiger partial charge >= 0.3 is 0 Å². The minimum Gasteiger partial charge on any atom is -0.364 e. The number of carbonyl (C=O) groups is 1. The van der Waals surface area contributed by atoms with Crippen molar-refractivity contribution < 1.29 is 13.8 Å². The Hall–Kier alpha value is -3.42. The highest BCUT2D eigenvalue weighted by Gasteiger charge is 2.15. The van der Waals surface area contributed by atoms with E-state index in [9.17, 15) is 4.79 Å². The van der Waals surface area contributed by atoms with Crippen molar-refractivity contribution in [3.8, 4) is 0 Å². The minimum atomic E-state index is -0.329. The van der Waals surface area contributed by atoms with Gasteiger partial charge < -0.3 is 18.9 Å². The highest BCUT2D eigenvalue weighted by atomic mass is 16.5. The molecule has 3 aromatic heterocycles. The first-order valence-electron chi connectivity index (χ1n) is 7.75. The SMILES string of the molecule is Cc1nc2ccccc2n1Cc1cc(C(=O)NCc2ccon2)no1. The lowest BCUT2D eigenvalue weighted by atomic mass is 10.3. The number of aromatic nitrogens is 4. The number of amides is 1. The fraction of sp³-hybridized carbons (Fsp3) is 0.176. The third-order valence-electron chi connectivity index (χ3n) is 3.87. The molecule has 0 atom stereocenters. The van der Waals surface area contributed by atoms with Crippen molar-refractivity contribution in [2.75, 3.05) is 0 Å². The van der Waals surface area contributed by atoms with Crippen LogP contribution in [-0.4, -0.2) is 25.8 Å². The number of aryl methyl sites for hydroxylation is 1. The fourth-order valence-corrected chi connectivity index (χ4v) is 2.64. The molecule has 0 fully saturated rings. The van der Waals surface area contributed by atoms with Crippen LogP contribution >= 0.6 is 0 Å². The van der Waals surface area contributed by atoms with E-state index in [4.69, 9.17) is 9.05 Å². The van der Waals surface area contributed by atoms with Crippen molar-refractivity contribution >= 4 is 16.9 Å². The molecular formula is C17H15N5O3. The molecule has 25 heavy (non-hydrogen) atoms. The molecule has 0 radical (unpaired) electrons. The van der Waals surface area contributed by atoms with E-state index in [0.717, 1.165) is 16.9 Å². The molecule has 8 nitrogen and oxygen atoms in total. The van der Waals surface area contributed by atoms with E-state index in [1.54, 1.807) is 12.1 Å². The Morgan fingerprint density at radius 2 is 2.12 bits per heavy atom. The summed E-state index contributed by atoms with van der Waals surface area (Å²) in [6, 6.07) is 11.2. The van der Waals surface area contributed by atoms with Gasteiger partial charge in [0.2, 0.25) is 0 Å². The van der Waals surface area contributed by atoms with Gasteiger partial charge in [-0.25, -0.2) is 4.98 Å². The van der Waals surface area contributed by atoms with Crippen LogP contribution in [0.5, 0.6) is 0 Å². The summed E-state index contributed by atoms with van der Waals surface area (Å²) in [5, 5.41) is 10.3. The Morgan fingerprint density at radius 1 is 1.24 bits per heavy atom. The van der Waals surface area contributed by atoms with Crippen molar-refractivity contribution in [3.63, 3.8) is 0 Å². The monoisotopic (exact) mass is 337 g/mol. The van der Waals surface area contributed by atoms with Gasteiger partial charge in [0.15, 0.2) is 11.5 Å². The quantitative estimate of drug-likeness (QED) is 0.600. The molecule has 0 bridgehead atoms. The second-order valence-corrected chi connectivity index (χ2v) is 5.59. The number of fused-ring (bicyclic) bond motifs is 1. The number of para-hydroxylation sites is 2. The van der Waals surface area contributed by atoms with E-state index >= 15 is 0 Å². The first-order valence-corrected chi connectivity index (χ1v) is 7.75. The average Bonchev–Trinajstić information content (AvgIpc) is 3.35. The zero-order valence-electron chi connectivity index (χ0n) is 13.5. The molecule has 0 aliphatic rings. The Kier molecular flexibility index (Phi) is 3.77. The highest BCUT2D eigenvalue weighted by Crippen LogP contribution is 2.17. The first-order chi connectivity index (χ1) is 12.2. The lowest BCUT2D eigenvalue weighted by Gasteiger charge is -2.03. The predicted octanol–water partition coefficient (Wildman–Crippen LogP) is 2.30. The molecule has 1 aromatic carbocycles. The smallest absolute Gasteiger partial charge is 0.273 e. The molecule has 0 aliphatic heterocycles. The zero-order chi connectivity index (χ0) is 17.2. The van der Waals surface area contributed by atoms with Gasteiger partial charge in [-0.1, -0.05) is 22.4 Å². The summed E-state index contributed by atoms with van der Waals surface area (Å²) in [6.07, 6.45) is 1.45. The van der Waals surface area contributed by atoms with E-state index in [0.29, 0.717) is 18.0 Å². The molecule has 4 rings (SSSR count). The second-order valence-electron chi connectivity index (χ2n) is 5.59. The summed E-state index contributed by atoms with van der Waals surface area (Å²) in [5.74, 6) is 1.12. The number of benzene rings is 1. The van der Waals surface area contributed by atoms with E-state index in [1.807, 2.05) is 35.8 Å². The van der Waals surface area contributed by atoms with Crippen LogP contribution in [0.4, 0.5) is 0 Å². The number of hydrogen-bond donors (Lipinski definition) is 1. The Morgan fingerprint density at radius 3 is 2.96 bits per heavy atom. The standard InChI is InChI=1S/C17H15N5O3/c1-11-19-14-4-2-3-5-16(14)22(11)10-13-8-15(21-25-13)17(23)18-9-12-6-7-24-20-12/h2-8H,9-10H2,1H3,(H,18,23). The average molecular weight is 337 g/mol. The molecule has 8 heteroatoms. The van der Waals surface area contributed by atoms with Gasteiger partial charge in [-0.15, -0.1) is 0 Å². The number of rotatable bonds is 5. The van der Waals surface area contributed by atoms with Gasteiger partial charge in [0, 0.05) is 12.1 Å².